The zero-order valence-electron chi connectivity index (χ0n) is 10.4. The van der Waals surface area contributed by atoms with Crippen molar-refractivity contribution in [1.82, 2.24) is 5.32 Å². The molecule has 0 saturated carbocycles. The first-order valence-electron chi connectivity index (χ1n) is 6.68. The third kappa shape index (κ3) is 1.08. The molecule has 1 aromatic rings. The van der Waals surface area contributed by atoms with Crippen LogP contribution in [-0.4, -0.2) is 17.6 Å². The second kappa shape index (κ2) is 3.32. The summed E-state index contributed by atoms with van der Waals surface area (Å²) < 4.78 is 0. The van der Waals surface area contributed by atoms with Gasteiger partial charge in [-0.25, -0.2) is 0 Å². The number of hydrogen-bond acceptors (Lipinski definition) is 3. The van der Waals surface area contributed by atoms with Crippen LogP contribution in [0.5, 0.6) is 0 Å². The van der Waals surface area contributed by atoms with Crippen LogP contribution in [0.3, 0.4) is 0 Å². The van der Waals surface area contributed by atoms with Crippen LogP contribution in [0.1, 0.15) is 40.7 Å². The van der Waals surface area contributed by atoms with E-state index in [9.17, 15) is 14.4 Å². The molecule has 4 heteroatoms. The van der Waals surface area contributed by atoms with Crippen molar-refractivity contribution in [2.75, 3.05) is 0 Å². The molecule has 1 aromatic carbocycles. The minimum absolute atomic E-state index is 0.179. The molecule has 4 nitrogen and oxygen atoms in total. The van der Waals surface area contributed by atoms with Gasteiger partial charge in [0.2, 0.25) is 11.8 Å². The van der Waals surface area contributed by atoms with E-state index in [4.69, 9.17) is 0 Å². The average Bonchev–Trinajstić information content (AvgIpc) is 2.69. The molecule has 2 aliphatic carbocycles. The normalized spacial score (nSPS) is 31.8. The number of Topliss-reactive ketones (excluding diaryl/α,β-unsaturated/α-hetero) is 1. The van der Waals surface area contributed by atoms with Gasteiger partial charge in [0.05, 0.1) is 5.41 Å². The van der Waals surface area contributed by atoms with Gasteiger partial charge in [-0.05, 0) is 30.4 Å². The number of ketones is 1. The van der Waals surface area contributed by atoms with Gasteiger partial charge in [-0.3, -0.25) is 19.7 Å². The van der Waals surface area contributed by atoms with Crippen molar-refractivity contribution in [2.45, 2.75) is 31.1 Å². The maximum absolute atomic E-state index is 12.5. The van der Waals surface area contributed by atoms with Gasteiger partial charge in [0.15, 0.2) is 5.78 Å². The van der Waals surface area contributed by atoms with Gasteiger partial charge >= 0.3 is 0 Å². The minimum Gasteiger partial charge on any atom is -0.295 e. The van der Waals surface area contributed by atoms with Crippen LogP contribution < -0.4 is 5.32 Å². The molecule has 2 amide bonds. The van der Waals surface area contributed by atoms with E-state index in [-0.39, 0.29) is 11.7 Å². The molecule has 96 valence electrons. The second-order valence-electron chi connectivity index (χ2n) is 5.63. The average molecular weight is 255 g/mol. The number of amides is 2. The molecule has 2 atom stereocenters. The van der Waals surface area contributed by atoms with Crippen LogP contribution >= 0.6 is 0 Å². The largest absolute Gasteiger partial charge is 0.295 e. The Kier molecular flexibility index (Phi) is 1.91. The lowest BCUT2D eigenvalue weighted by Crippen LogP contribution is -2.38. The third-order valence-corrected chi connectivity index (χ3v) is 4.79. The highest BCUT2D eigenvalue weighted by atomic mass is 16.2. The van der Waals surface area contributed by atoms with Gasteiger partial charge in [-0.1, -0.05) is 24.6 Å². The Hall–Kier alpha value is -1.97. The van der Waals surface area contributed by atoms with E-state index in [0.29, 0.717) is 12.0 Å². The highest BCUT2D eigenvalue weighted by Crippen LogP contribution is 2.52. The summed E-state index contributed by atoms with van der Waals surface area (Å²) in [6, 6.07) is 5.60. The fraction of sp³-hybridized carbons (Fsp3) is 0.400. The van der Waals surface area contributed by atoms with Crippen LogP contribution in [0.15, 0.2) is 18.2 Å². The highest BCUT2D eigenvalue weighted by Gasteiger charge is 2.65. The summed E-state index contributed by atoms with van der Waals surface area (Å²) in [5.41, 5.74) is 1.59. The van der Waals surface area contributed by atoms with Crippen LogP contribution in [0.2, 0.25) is 0 Å². The fourth-order valence-corrected chi connectivity index (χ4v) is 4.05. The number of nitrogens with one attached hydrogen (secondary N) is 1. The lowest BCUT2D eigenvalue weighted by atomic mass is 9.72. The molecule has 0 unspecified atom stereocenters. The molecule has 4 rings (SSSR count). The predicted octanol–water partition coefficient (Wildman–Crippen LogP) is 1.12. The summed E-state index contributed by atoms with van der Waals surface area (Å²) in [5, 5.41) is 2.37. The Balaban J connectivity index is 2.10. The van der Waals surface area contributed by atoms with Gasteiger partial charge in [0.25, 0.3) is 0 Å². The van der Waals surface area contributed by atoms with Gasteiger partial charge in [0.1, 0.15) is 5.92 Å². The molecule has 3 aliphatic rings. The Bertz CT molecular complexity index is 649. The Morgan fingerprint density at radius 1 is 1.16 bits per heavy atom. The van der Waals surface area contributed by atoms with Gasteiger partial charge < -0.3 is 0 Å². The van der Waals surface area contributed by atoms with Crippen molar-refractivity contribution in [3.8, 4) is 0 Å². The fourth-order valence-electron chi connectivity index (χ4n) is 4.05. The highest BCUT2D eigenvalue weighted by molar-refractivity contribution is 6.27. The van der Waals surface area contributed by atoms with Crippen LogP contribution in [0.25, 0.3) is 0 Å². The Labute approximate surface area is 110 Å². The maximum atomic E-state index is 12.5. The first-order chi connectivity index (χ1) is 9.16. The lowest BCUT2D eigenvalue weighted by molar-refractivity contribution is -0.126. The topological polar surface area (TPSA) is 63.2 Å². The number of aryl methyl sites for hydroxylation is 1. The maximum Gasteiger partial charge on any atom is 0.238 e. The van der Waals surface area contributed by atoms with Crippen molar-refractivity contribution in [3.05, 3.63) is 34.9 Å². The quantitative estimate of drug-likeness (QED) is 0.558. The van der Waals surface area contributed by atoms with E-state index in [1.54, 1.807) is 6.07 Å². The molecule has 0 aromatic heterocycles. The van der Waals surface area contributed by atoms with E-state index in [0.717, 1.165) is 30.4 Å². The van der Waals surface area contributed by atoms with E-state index in [1.165, 1.54) is 0 Å². The van der Waals surface area contributed by atoms with Crippen molar-refractivity contribution in [2.24, 2.45) is 5.92 Å². The number of carbonyl (C=O) groups excluding carboxylic acids is 3. The molecule has 1 fully saturated rings. The first kappa shape index (κ1) is 10.9. The van der Waals surface area contributed by atoms with Gasteiger partial charge in [-0.2, -0.15) is 0 Å². The van der Waals surface area contributed by atoms with Crippen LogP contribution in [0.4, 0.5) is 0 Å². The number of rotatable bonds is 0. The molecule has 1 spiro atoms. The van der Waals surface area contributed by atoms with Crippen LogP contribution in [-0.2, 0) is 21.4 Å². The standard InChI is InChI=1S/C15H13NO3/c17-12-9-6-3-5-8-4-1-2-7-15(10(8)9)11(12)13(18)16-14(15)19/h3,5-6,11H,1-2,4,7H2,(H,16,18,19)/t11-,15+/m1/s1. The predicted molar refractivity (Wildman–Crippen MR) is 66.6 cm³/mol. The summed E-state index contributed by atoms with van der Waals surface area (Å²) >= 11 is 0. The second-order valence-corrected chi connectivity index (χ2v) is 5.63. The summed E-state index contributed by atoms with van der Waals surface area (Å²) in [7, 11) is 0. The van der Waals surface area contributed by atoms with Crippen molar-refractivity contribution >= 4 is 17.6 Å². The van der Waals surface area contributed by atoms with Crippen molar-refractivity contribution in [3.63, 3.8) is 0 Å². The number of carbonyl (C=O) groups is 3. The zero-order valence-corrected chi connectivity index (χ0v) is 10.4. The molecule has 0 radical (unpaired) electrons. The first-order valence-corrected chi connectivity index (χ1v) is 6.68. The molecule has 1 N–H and O–H groups in total. The Morgan fingerprint density at radius 3 is 2.84 bits per heavy atom. The molecule has 1 aliphatic heterocycles. The van der Waals surface area contributed by atoms with Crippen LogP contribution in [0, 0.1) is 5.92 Å². The van der Waals surface area contributed by atoms with Gasteiger partial charge in [0, 0.05) is 5.56 Å². The lowest BCUT2D eigenvalue weighted by Gasteiger charge is -2.25. The third-order valence-electron chi connectivity index (χ3n) is 4.79. The summed E-state index contributed by atoms with van der Waals surface area (Å²) in [6.45, 7) is 0. The van der Waals surface area contributed by atoms with Gasteiger partial charge in [-0.15, -0.1) is 0 Å². The molecule has 1 saturated heterocycles. The van der Waals surface area contributed by atoms with Crippen molar-refractivity contribution in [1.29, 1.82) is 0 Å². The molecule has 19 heavy (non-hydrogen) atoms. The monoisotopic (exact) mass is 255 g/mol. The number of benzene rings is 1. The SMILES string of the molecule is O=C1NC(=O)[C@@]23CCCCc4cccc(c42)C(=O)[C@H]13. The van der Waals surface area contributed by atoms with E-state index >= 15 is 0 Å². The number of hydrogen-bond donors (Lipinski definition) is 1. The molecular formula is C15H13NO3. The summed E-state index contributed by atoms with van der Waals surface area (Å²) in [5.74, 6) is -1.70. The summed E-state index contributed by atoms with van der Waals surface area (Å²) in [4.78, 5) is 36.9. The molecule has 0 bridgehead atoms. The summed E-state index contributed by atoms with van der Waals surface area (Å²) in [6.07, 6.45) is 3.36. The van der Waals surface area contributed by atoms with Crippen molar-refractivity contribution < 1.29 is 14.4 Å². The number of imide groups is 1. The van der Waals surface area contributed by atoms with E-state index in [2.05, 4.69) is 5.32 Å². The zero-order chi connectivity index (χ0) is 13.2. The van der Waals surface area contributed by atoms with E-state index < -0.39 is 17.2 Å². The smallest absolute Gasteiger partial charge is 0.238 e. The minimum atomic E-state index is -0.906. The molecular weight excluding hydrogens is 242 g/mol. The Morgan fingerprint density at radius 2 is 2.00 bits per heavy atom. The van der Waals surface area contributed by atoms with E-state index in [1.807, 2.05) is 12.1 Å². The molecule has 1 heterocycles.